The number of aliphatic carboxylic acids is 2. The number of nitrogens with zero attached hydrogens (tertiary/aromatic N) is 2. The number of carbonyl (C=O) groups is 4. The number of carbonyl (C=O) groups excluding carboxylic acids is 2. The lowest BCUT2D eigenvalue weighted by Crippen LogP contribution is -2.42. The molecule has 0 bridgehead atoms. The van der Waals surface area contributed by atoms with Gasteiger partial charge in [-0.1, -0.05) is 13.8 Å². The highest BCUT2D eigenvalue weighted by molar-refractivity contribution is 5.90. The lowest BCUT2D eigenvalue weighted by atomic mass is 9.73. The van der Waals surface area contributed by atoms with Gasteiger partial charge in [0.15, 0.2) is 0 Å². The van der Waals surface area contributed by atoms with Gasteiger partial charge in [-0.3, -0.25) is 0 Å². The Kier molecular flexibility index (Phi) is 9.09. The first-order valence-corrected chi connectivity index (χ1v) is 9.41. The molecule has 1 heterocycles. The van der Waals surface area contributed by atoms with Gasteiger partial charge in [0.2, 0.25) is 0 Å². The molecule has 2 aliphatic rings. The topological polar surface area (TPSA) is 134 Å². The van der Waals surface area contributed by atoms with Crippen molar-refractivity contribution in [3.8, 4) is 0 Å². The van der Waals surface area contributed by atoms with Crippen molar-refractivity contribution in [2.24, 2.45) is 11.8 Å². The second-order valence-electron chi connectivity index (χ2n) is 7.76. The van der Waals surface area contributed by atoms with E-state index < -0.39 is 29.7 Å². The van der Waals surface area contributed by atoms with Gasteiger partial charge in [0, 0.05) is 18.7 Å². The number of amides is 2. The summed E-state index contributed by atoms with van der Waals surface area (Å²) in [6.45, 7) is 5.63. The molecule has 164 valence electrons. The zero-order valence-electron chi connectivity index (χ0n) is 17.3. The molecule has 2 N–H and O–H groups in total. The van der Waals surface area contributed by atoms with E-state index in [2.05, 4.69) is 13.8 Å². The molecule has 10 heteroatoms. The lowest BCUT2D eigenvalue weighted by Gasteiger charge is -2.38. The summed E-state index contributed by atoms with van der Waals surface area (Å²) in [6.07, 6.45) is 2.63. The van der Waals surface area contributed by atoms with E-state index in [0.717, 1.165) is 24.2 Å². The molecule has 1 saturated heterocycles. The fourth-order valence-electron chi connectivity index (χ4n) is 3.20. The molecule has 0 aromatic carbocycles. The summed E-state index contributed by atoms with van der Waals surface area (Å²) in [5, 5.41) is 15.6. The number of imide groups is 1. The highest BCUT2D eigenvalue weighted by Gasteiger charge is 2.51. The highest BCUT2D eigenvalue weighted by atomic mass is 16.6. The van der Waals surface area contributed by atoms with Crippen molar-refractivity contribution in [2.45, 2.75) is 38.7 Å². The van der Waals surface area contributed by atoms with E-state index in [4.69, 9.17) is 19.7 Å². The van der Waals surface area contributed by atoms with Gasteiger partial charge in [0.25, 0.3) is 0 Å². The predicted molar refractivity (Wildman–Crippen MR) is 102 cm³/mol. The molecule has 2 amide bonds. The number of ether oxygens (including phenoxy) is 2. The number of hydrogen-bond donors (Lipinski definition) is 2. The molecular weight excluding hydrogens is 384 g/mol. The van der Waals surface area contributed by atoms with Crippen molar-refractivity contribution in [1.29, 1.82) is 0 Å². The van der Waals surface area contributed by atoms with Gasteiger partial charge in [0.1, 0.15) is 12.2 Å². The maximum Gasteiger partial charge on any atom is 0.420 e. The van der Waals surface area contributed by atoms with Crippen LogP contribution in [-0.2, 0) is 19.1 Å². The second kappa shape index (κ2) is 10.8. The van der Waals surface area contributed by atoms with Crippen LogP contribution in [0.15, 0.2) is 12.2 Å². The molecule has 0 aromatic rings. The van der Waals surface area contributed by atoms with Crippen LogP contribution in [0.3, 0.4) is 0 Å². The van der Waals surface area contributed by atoms with Crippen LogP contribution in [0.1, 0.15) is 33.1 Å². The molecule has 1 saturated carbocycles. The first-order valence-electron chi connectivity index (χ1n) is 9.41. The molecule has 2 fully saturated rings. The number of likely N-dealkylation sites (N-methyl/N-ethyl adjacent to an activating group) is 1. The van der Waals surface area contributed by atoms with Gasteiger partial charge in [-0.05, 0) is 45.2 Å². The van der Waals surface area contributed by atoms with E-state index in [1.165, 1.54) is 0 Å². The van der Waals surface area contributed by atoms with Crippen LogP contribution in [0.25, 0.3) is 0 Å². The fraction of sp³-hybridized carbons (Fsp3) is 0.684. The van der Waals surface area contributed by atoms with Crippen LogP contribution in [0, 0.1) is 11.8 Å². The average Bonchev–Trinajstić information content (AvgIpc) is 2.93. The summed E-state index contributed by atoms with van der Waals surface area (Å²) in [6, 6.07) is 0. The standard InChI is InChI=1S/C15H26N2O4.C4H4O4/c1-11-5-6-15(9-12(11)2)10-17(14(19)21-15)13(18)20-8-7-16(3)4;5-3(6)1-2-4(7)8/h11-12H,5-10H2,1-4H3;1-2H,(H,5,6)(H,7,8)/b;2-1+. The predicted octanol–water partition coefficient (Wildman–Crippen LogP) is 2.04. The van der Waals surface area contributed by atoms with Crippen molar-refractivity contribution in [2.75, 3.05) is 33.8 Å². The molecule has 29 heavy (non-hydrogen) atoms. The minimum Gasteiger partial charge on any atom is -0.478 e. The molecule has 1 aliphatic heterocycles. The minimum atomic E-state index is -1.26. The summed E-state index contributed by atoms with van der Waals surface area (Å²) in [4.78, 5) is 46.1. The number of rotatable bonds is 5. The molecule has 10 nitrogen and oxygen atoms in total. The monoisotopic (exact) mass is 414 g/mol. The first kappa shape index (κ1) is 24.4. The molecule has 3 unspecified atom stereocenters. The summed E-state index contributed by atoms with van der Waals surface area (Å²) in [5.74, 6) is -1.38. The number of hydrogen-bond acceptors (Lipinski definition) is 7. The number of carboxylic acids is 2. The zero-order valence-corrected chi connectivity index (χ0v) is 17.3. The largest absolute Gasteiger partial charge is 0.478 e. The molecule has 2 rings (SSSR count). The molecule has 0 radical (unpaired) electrons. The van der Waals surface area contributed by atoms with Crippen molar-refractivity contribution >= 4 is 24.1 Å². The van der Waals surface area contributed by atoms with E-state index in [9.17, 15) is 19.2 Å². The summed E-state index contributed by atoms with van der Waals surface area (Å²) < 4.78 is 10.7. The van der Waals surface area contributed by atoms with Gasteiger partial charge in [-0.25, -0.2) is 24.1 Å². The molecular formula is C19H30N2O8. The van der Waals surface area contributed by atoms with Crippen molar-refractivity contribution in [3.63, 3.8) is 0 Å². The van der Waals surface area contributed by atoms with Crippen LogP contribution in [0.4, 0.5) is 9.59 Å². The molecule has 1 aliphatic carbocycles. The van der Waals surface area contributed by atoms with Gasteiger partial charge in [-0.15, -0.1) is 0 Å². The Morgan fingerprint density at radius 1 is 1.21 bits per heavy atom. The van der Waals surface area contributed by atoms with Crippen LogP contribution < -0.4 is 0 Å². The highest BCUT2D eigenvalue weighted by Crippen LogP contribution is 2.42. The van der Waals surface area contributed by atoms with E-state index in [-0.39, 0.29) is 6.61 Å². The third-order valence-electron chi connectivity index (χ3n) is 5.04. The van der Waals surface area contributed by atoms with E-state index in [0.29, 0.717) is 37.1 Å². The first-order chi connectivity index (χ1) is 13.5. The van der Waals surface area contributed by atoms with Crippen LogP contribution in [-0.4, -0.2) is 83.5 Å². The minimum absolute atomic E-state index is 0.274. The zero-order chi connectivity index (χ0) is 22.2. The lowest BCUT2D eigenvalue weighted by molar-refractivity contribution is -0.134. The van der Waals surface area contributed by atoms with Crippen molar-refractivity contribution in [1.82, 2.24) is 9.80 Å². The Labute approximate surface area is 170 Å². The Balaban J connectivity index is 0.000000447. The third kappa shape index (κ3) is 8.10. The molecule has 0 aromatic heterocycles. The second-order valence-corrected chi connectivity index (χ2v) is 7.76. The van der Waals surface area contributed by atoms with Crippen LogP contribution >= 0.6 is 0 Å². The summed E-state index contributed by atoms with van der Waals surface area (Å²) >= 11 is 0. The Hall–Kier alpha value is -2.62. The summed E-state index contributed by atoms with van der Waals surface area (Å²) in [7, 11) is 3.80. The average molecular weight is 414 g/mol. The number of carboxylic acid groups (broad SMARTS) is 2. The fourth-order valence-corrected chi connectivity index (χ4v) is 3.20. The van der Waals surface area contributed by atoms with Crippen molar-refractivity contribution in [3.05, 3.63) is 12.2 Å². The Morgan fingerprint density at radius 2 is 1.79 bits per heavy atom. The van der Waals surface area contributed by atoms with Gasteiger partial charge in [-0.2, -0.15) is 0 Å². The van der Waals surface area contributed by atoms with Gasteiger partial charge in [0.05, 0.1) is 6.54 Å². The smallest absolute Gasteiger partial charge is 0.420 e. The van der Waals surface area contributed by atoms with Crippen molar-refractivity contribution < 1.29 is 38.9 Å². The normalized spacial score (nSPS) is 26.2. The maximum atomic E-state index is 12.0. The van der Waals surface area contributed by atoms with E-state index in [1.54, 1.807) is 0 Å². The quantitative estimate of drug-likeness (QED) is 0.648. The van der Waals surface area contributed by atoms with E-state index in [1.807, 2.05) is 19.0 Å². The molecule has 3 atom stereocenters. The Morgan fingerprint density at radius 3 is 2.28 bits per heavy atom. The SMILES string of the molecule is CC1CCC2(CC1C)CN(C(=O)OCCN(C)C)C(=O)O2.O=C(O)/C=C/C(=O)O. The molecule has 1 spiro atoms. The summed E-state index contributed by atoms with van der Waals surface area (Å²) in [5.41, 5.74) is -0.496. The van der Waals surface area contributed by atoms with E-state index >= 15 is 0 Å². The van der Waals surface area contributed by atoms with Gasteiger partial charge < -0.3 is 24.6 Å². The Bertz CT molecular complexity index is 632. The van der Waals surface area contributed by atoms with Crippen LogP contribution in [0.5, 0.6) is 0 Å². The maximum absolute atomic E-state index is 12.0. The third-order valence-corrected chi connectivity index (χ3v) is 5.04. The van der Waals surface area contributed by atoms with Gasteiger partial charge >= 0.3 is 24.1 Å². The van der Waals surface area contributed by atoms with Crippen LogP contribution in [0.2, 0.25) is 0 Å².